The number of rotatable bonds is 10. The molecule has 0 saturated carbocycles. The zero-order valence-electron chi connectivity index (χ0n) is 22.8. The maximum Gasteiger partial charge on any atom is 0.243 e. The van der Waals surface area contributed by atoms with Crippen LogP contribution in [-0.2, 0) is 31.4 Å². The molecule has 1 heterocycles. The van der Waals surface area contributed by atoms with Crippen LogP contribution in [-0.4, -0.2) is 83.1 Å². The number of methoxy groups -OCH3 is 1. The number of nitrogens with one attached hydrogen (secondary N) is 1. The highest BCUT2D eigenvalue weighted by Crippen LogP contribution is 2.25. The summed E-state index contributed by atoms with van der Waals surface area (Å²) < 4.78 is 61.1. The predicted molar refractivity (Wildman–Crippen MR) is 153 cm³/mol. The van der Waals surface area contributed by atoms with Crippen molar-refractivity contribution in [3.63, 3.8) is 0 Å². The molecule has 0 spiro atoms. The number of amides is 1. The summed E-state index contributed by atoms with van der Waals surface area (Å²) >= 11 is 0. The number of sulfonamides is 2. The maximum absolute atomic E-state index is 13.6. The van der Waals surface area contributed by atoms with Gasteiger partial charge in [0, 0.05) is 38.4 Å². The van der Waals surface area contributed by atoms with Gasteiger partial charge < -0.3 is 15.0 Å². The molecule has 0 unspecified atom stereocenters. The summed E-state index contributed by atoms with van der Waals surface area (Å²) in [5, 5.41) is 2.70. The van der Waals surface area contributed by atoms with Gasteiger partial charge in [0.2, 0.25) is 26.0 Å². The lowest BCUT2D eigenvalue weighted by atomic mass is 10.2. The Kier molecular flexibility index (Phi) is 9.26. The van der Waals surface area contributed by atoms with Crippen LogP contribution in [0.25, 0.3) is 0 Å². The first-order valence-corrected chi connectivity index (χ1v) is 15.7. The zero-order valence-corrected chi connectivity index (χ0v) is 24.4. The van der Waals surface area contributed by atoms with Crippen molar-refractivity contribution in [2.45, 2.75) is 23.3 Å². The molecule has 0 radical (unpaired) electrons. The number of carbonyl (C=O) groups is 1. The van der Waals surface area contributed by atoms with E-state index in [2.05, 4.69) is 10.2 Å². The molecule has 1 aliphatic heterocycles. The van der Waals surface area contributed by atoms with Crippen molar-refractivity contribution in [2.75, 3.05) is 52.2 Å². The SMILES string of the molecule is COc1ccc(S(=O)(=O)N(CC(=O)Nc2ccc(S(=O)(=O)N3CCN(C)CC3)cc2)Cc2ccccc2)cc1C. The zero-order chi connectivity index (χ0) is 28.9. The monoisotopic (exact) mass is 586 g/mol. The molecule has 0 atom stereocenters. The summed E-state index contributed by atoms with van der Waals surface area (Å²) in [6.45, 7) is 3.44. The minimum Gasteiger partial charge on any atom is -0.496 e. The Balaban J connectivity index is 1.51. The minimum absolute atomic E-state index is 0.0100. The number of ether oxygens (including phenoxy) is 1. The van der Waals surface area contributed by atoms with Crippen LogP contribution in [0.5, 0.6) is 5.75 Å². The van der Waals surface area contributed by atoms with E-state index in [1.165, 1.54) is 47.8 Å². The smallest absolute Gasteiger partial charge is 0.243 e. The second kappa shape index (κ2) is 12.5. The second-order valence-corrected chi connectivity index (χ2v) is 13.5. The second-order valence-electron chi connectivity index (χ2n) is 9.67. The minimum atomic E-state index is -4.05. The Morgan fingerprint density at radius 2 is 1.52 bits per heavy atom. The van der Waals surface area contributed by atoms with Crippen molar-refractivity contribution >= 4 is 31.6 Å². The highest BCUT2D eigenvalue weighted by atomic mass is 32.2. The Morgan fingerprint density at radius 3 is 2.12 bits per heavy atom. The summed E-state index contributed by atoms with van der Waals surface area (Å²) in [5.41, 5.74) is 1.74. The number of piperazine rings is 1. The normalized spacial score (nSPS) is 15.2. The molecule has 10 nitrogen and oxygen atoms in total. The first-order valence-electron chi connectivity index (χ1n) is 12.8. The van der Waals surface area contributed by atoms with E-state index in [4.69, 9.17) is 4.74 Å². The van der Waals surface area contributed by atoms with Crippen molar-refractivity contribution in [2.24, 2.45) is 0 Å². The fraction of sp³-hybridized carbons (Fsp3) is 0.321. The van der Waals surface area contributed by atoms with Crippen molar-refractivity contribution in [3.8, 4) is 5.75 Å². The van der Waals surface area contributed by atoms with Gasteiger partial charge in [-0.15, -0.1) is 0 Å². The molecule has 0 aliphatic carbocycles. The molecule has 0 aromatic heterocycles. The number of hydrogen-bond donors (Lipinski definition) is 1. The molecule has 4 rings (SSSR count). The molecular formula is C28H34N4O6S2. The lowest BCUT2D eigenvalue weighted by Crippen LogP contribution is -2.46. The van der Waals surface area contributed by atoms with Gasteiger partial charge in [-0.25, -0.2) is 16.8 Å². The average Bonchev–Trinajstić information content (AvgIpc) is 2.93. The number of hydrogen-bond acceptors (Lipinski definition) is 7. The van der Waals surface area contributed by atoms with E-state index in [0.717, 1.165) is 9.87 Å². The fourth-order valence-electron chi connectivity index (χ4n) is 4.42. The van der Waals surface area contributed by atoms with Crippen LogP contribution in [0.4, 0.5) is 5.69 Å². The molecule has 1 N–H and O–H groups in total. The Hall–Kier alpha value is -3.29. The molecule has 0 bridgehead atoms. The van der Waals surface area contributed by atoms with Gasteiger partial charge in [-0.05, 0) is 67.6 Å². The number of benzene rings is 3. The van der Waals surface area contributed by atoms with Crippen LogP contribution in [0.1, 0.15) is 11.1 Å². The van der Waals surface area contributed by atoms with Gasteiger partial charge in [0.1, 0.15) is 5.75 Å². The van der Waals surface area contributed by atoms with E-state index in [9.17, 15) is 21.6 Å². The van der Waals surface area contributed by atoms with Crippen LogP contribution < -0.4 is 10.1 Å². The maximum atomic E-state index is 13.6. The fourth-order valence-corrected chi connectivity index (χ4v) is 7.31. The lowest BCUT2D eigenvalue weighted by molar-refractivity contribution is -0.116. The number of anilines is 1. The Bertz CT molecular complexity index is 1540. The number of nitrogens with zero attached hydrogens (tertiary/aromatic N) is 3. The van der Waals surface area contributed by atoms with E-state index in [-0.39, 0.29) is 16.3 Å². The number of likely N-dealkylation sites (N-methyl/N-ethyl adjacent to an activating group) is 1. The predicted octanol–water partition coefficient (Wildman–Crippen LogP) is 2.77. The van der Waals surface area contributed by atoms with Crippen molar-refractivity contribution in [3.05, 3.63) is 83.9 Å². The Morgan fingerprint density at radius 1 is 0.900 bits per heavy atom. The van der Waals surface area contributed by atoms with Gasteiger partial charge in [-0.2, -0.15) is 8.61 Å². The molecular weight excluding hydrogens is 552 g/mol. The average molecular weight is 587 g/mol. The largest absolute Gasteiger partial charge is 0.496 e. The van der Waals surface area contributed by atoms with Crippen LogP contribution in [0.3, 0.4) is 0 Å². The highest BCUT2D eigenvalue weighted by Gasteiger charge is 2.29. The molecule has 1 saturated heterocycles. The van der Waals surface area contributed by atoms with E-state index in [1.807, 2.05) is 13.1 Å². The number of aryl methyl sites for hydroxylation is 1. The summed E-state index contributed by atoms with van der Waals surface area (Å²) in [6, 6.07) is 19.5. The molecule has 12 heteroatoms. The van der Waals surface area contributed by atoms with Crippen LogP contribution in [0, 0.1) is 6.92 Å². The molecule has 1 amide bonds. The van der Waals surface area contributed by atoms with Crippen LogP contribution in [0.15, 0.2) is 82.6 Å². The first kappa shape index (κ1) is 29.7. The van der Waals surface area contributed by atoms with Gasteiger partial charge in [-0.3, -0.25) is 4.79 Å². The molecule has 3 aromatic carbocycles. The molecule has 3 aromatic rings. The van der Waals surface area contributed by atoms with Crippen molar-refractivity contribution < 1.29 is 26.4 Å². The molecule has 1 aliphatic rings. The van der Waals surface area contributed by atoms with Crippen molar-refractivity contribution in [1.29, 1.82) is 0 Å². The standard InChI is InChI=1S/C28H34N4O6S2/c1-22-19-26(13-14-27(22)38-3)40(36,37)32(20-23-7-5-4-6-8-23)21-28(33)29-24-9-11-25(12-10-24)39(34,35)31-17-15-30(2)16-18-31/h4-14,19H,15-18,20-21H2,1-3H3,(H,29,33). The highest BCUT2D eigenvalue weighted by molar-refractivity contribution is 7.89. The summed E-state index contributed by atoms with van der Waals surface area (Å²) in [7, 11) is -4.23. The third kappa shape index (κ3) is 6.88. The van der Waals surface area contributed by atoms with Gasteiger partial charge in [0.15, 0.2) is 0 Å². The van der Waals surface area contributed by atoms with Crippen LogP contribution >= 0.6 is 0 Å². The van der Waals surface area contributed by atoms with E-state index in [0.29, 0.717) is 43.2 Å². The van der Waals surface area contributed by atoms with E-state index >= 15 is 0 Å². The van der Waals surface area contributed by atoms with Gasteiger partial charge >= 0.3 is 0 Å². The van der Waals surface area contributed by atoms with Gasteiger partial charge in [-0.1, -0.05) is 30.3 Å². The summed E-state index contributed by atoms with van der Waals surface area (Å²) in [5.74, 6) is 0.00352. The summed E-state index contributed by atoms with van der Waals surface area (Å²) in [6.07, 6.45) is 0. The lowest BCUT2D eigenvalue weighted by Gasteiger charge is -2.31. The topological polar surface area (TPSA) is 116 Å². The van der Waals surface area contributed by atoms with E-state index < -0.39 is 32.5 Å². The molecule has 1 fully saturated rings. The summed E-state index contributed by atoms with van der Waals surface area (Å²) in [4.78, 5) is 15.3. The van der Waals surface area contributed by atoms with Crippen molar-refractivity contribution in [1.82, 2.24) is 13.5 Å². The van der Waals surface area contributed by atoms with E-state index in [1.54, 1.807) is 37.3 Å². The molecule has 214 valence electrons. The quantitative estimate of drug-likeness (QED) is 0.388. The third-order valence-corrected chi connectivity index (χ3v) is 10.5. The van der Waals surface area contributed by atoms with Gasteiger partial charge in [0.25, 0.3) is 0 Å². The Labute approximate surface area is 236 Å². The van der Waals surface area contributed by atoms with Crippen LogP contribution in [0.2, 0.25) is 0 Å². The third-order valence-electron chi connectivity index (χ3n) is 6.76. The molecule has 40 heavy (non-hydrogen) atoms. The number of carbonyl (C=O) groups excluding carboxylic acids is 1. The van der Waals surface area contributed by atoms with Gasteiger partial charge in [0.05, 0.1) is 23.4 Å². The first-order chi connectivity index (χ1) is 19.0.